The van der Waals surface area contributed by atoms with Crippen LogP contribution in [0, 0.1) is 0 Å². The molecule has 1 heteroatoms. The molecule has 0 radical (unpaired) electrons. The number of rotatable bonds is 3. The molecule has 0 saturated carbocycles. The summed E-state index contributed by atoms with van der Waals surface area (Å²) < 4.78 is 11.3. The topological polar surface area (TPSA) is 0 Å². The highest BCUT2D eigenvalue weighted by Gasteiger charge is 1.75. The van der Waals surface area contributed by atoms with Gasteiger partial charge in [0.1, 0.15) is 0 Å². The zero-order valence-corrected chi connectivity index (χ0v) is 4.65. The molecule has 0 N–H and O–H groups in total. The Hall–Kier alpha value is -0.330. The quantitative estimate of drug-likeness (QED) is 0.379. The normalized spacial score (nSPS) is 10.6. The molecule has 0 unspecified atom stereocenters. The van der Waals surface area contributed by atoms with Crippen molar-refractivity contribution in [2.45, 2.75) is 19.8 Å². The van der Waals surface area contributed by atoms with Crippen molar-refractivity contribution in [3.63, 3.8) is 0 Å². The Morgan fingerprint density at radius 1 is 1.57 bits per heavy atom. The second-order valence-electron chi connectivity index (χ2n) is 1.40. The Labute approximate surface area is 44.0 Å². The van der Waals surface area contributed by atoms with Gasteiger partial charge in [0.15, 0.2) is 0 Å². The predicted molar refractivity (Wildman–Crippen MR) is 30.0 cm³/mol. The van der Waals surface area contributed by atoms with E-state index in [4.69, 9.17) is 0 Å². The Bertz CT molecular complexity index is 48.1. The molecule has 0 rings (SSSR count). The maximum absolute atomic E-state index is 11.3. The van der Waals surface area contributed by atoms with E-state index in [9.17, 15) is 4.39 Å². The molecule has 0 aromatic carbocycles. The molecule has 7 heavy (non-hydrogen) atoms. The van der Waals surface area contributed by atoms with Crippen LogP contribution in [0.15, 0.2) is 12.2 Å². The largest absolute Gasteiger partial charge is 0.251 e. The highest BCUT2D eigenvalue weighted by Crippen LogP contribution is 1.89. The standard InChI is InChI=1S/C6H11F/c1-2-3-4-5-6-7/h2-3H,4-6H2,1H3. The van der Waals surface area contributed by atoms with Crippen molar-refractivity contribution in [3.05, 3.63) is 12.2 Å². The van der Waals surface area contributed by atoms with Gasteiger partial charge in [0.2, 0.25) is 0 Å². The van der Waals surface area contributed by atoms with E-state index in [1.165, 1.54) is 0 Å². The van der Waals surface area contributed by atoms with Gasteiger partial charge in [-0.25, -0.2) is 0 Å². The molecule has 0 heterocycles. The van der Waals surface area contributed by atoms with E-state index in [2.05, 4.69) is 0 Å². The van der Waals surface area contributed by atoms with E-state index in [-0.39, 0.29) is 6.67 Å². The van der Waals surface area contributed by atoms with Gasteiger partial charge in [-0.1, -0.05) is 12.2 Å². The summed E-state index contributed by atoms with van der Waals surface area (Å²) in [6.45, 7) is 1.75. The molecular formula is C6H11F. The van der Waals surface area contributed by atoms with Gasteiger partial charge in [-0.15, -0.1) is 0 Å². The molecular weight excluding hydrogens is 91.1 g/mol. The average molecular weight is 102 g/mol. The fourth-order valence-corrected chi connectivity index (χ4v) is 0.362. The molecule has 0 aromatic heterocycles. The van der Waals surface area contributed by atoms with Crippen LogP contribution >= 0.6 is 0 Å². The highest BCUT2D eigenvalue weighted by atomic mass is 19.1. The van der Waals surface area contributed by atoms with E-state index in [0.29, 0.717) is 6.42 Å². The van der Waals surface area contributed by atoms with E-state index in [1.807, 2.05) is 19.1 Å². The summed E-state index contributed by atoms with van der Waals surface area (Å²) in [5.41, 5.74) is 0. The zero-order chi connectivity index (χ0) is 5.54. The minimum absolute atomic E-state index is 0.190. The van der Waals surface area contributed by atoms with Crippen molar-refractivity contribution in [2.75, 3.05) is 6.67 Å². The average Bonchev–Trinajstić information content (AvgIpc) is 1.69. The maximum atomic E-state index is 11.3. The zero-order valence-electron chi connectivity index (χ0n) is 4.65. The van der Waals surface area contributed by atoms with E-state index >= 15 is 0 Å². The molecule has 0 spiro atoms. The molecule has 0 atom stereocenters. The SMILES string of the molecule is CC=CCCCF. The number of allylic oxidation sites excluding steroid dienone is 2. The van der Waals surface area contributed by atoms with E-state index < -0.39 is 0 Å². The second kappa shape index (κ2) is 5.67. The van der Waals surface area contributed by atoms with Gasteiger partial charge in [0, 0.05) is 0 Å². The van der Waals surface area contributed by atoms with Gasteiger partial charge in [0.05, 0.1) is 6.67 Å². The molecule has 0 saturated heterocycles. The van der Waals surface area contributed by atoms with Crippen LogP contribution in [0.4, 0.5) is 4.39 Å². The summed E-state index contributed by atoms with van der Waals surface area (Å²) in [6, 6.07) is 0. The third-order valence-electron chi connectivity index (χ3n) is 0.740. The third kappa shape index (κ3) is 5.67. The van der Waals surface area contributed by atoms with Crippen molar-refractivity contribution >= 4 is 0 Å². The molecule has 0 aromatic rings. The van der Waals surface area contributed by atoms with Gasteiger partial charge >= 0.3 is 0 Å². The van der Waals surface area contributed by atoms with Crippen LogP contribution in [-0.2, 0) is 0 Å². The van der Waals surface area contributed by atoms with Crippen LogP contribution in [0.5, 0.6) is 0 Å². The molecule has 0 fully saturated rings. The Morgan fingerprint density at radius 2 is 2.29 bits per heavy atom. The van der Waals surface area contributed by atoms with Crippen molar-refractivity contribution in [3.8, 4) is 0 Å². The summed E-state index contributed by atoms with van der Waals surface area (Å²) in [5, 5.41) is 0. The fraction of sp³-hybridized carbons (Fsp3) is 0.667. The van der Waals surface area contributed by atoms with Crippen molar-refractivity contribution in [2.24, 2.45) is 0 Å². The highest BCUT2D eigenvalue weighted by molar-refractivity contribution is 4.75. The number of halogens is 1. The molecule has 0 bridgehead atoms. The first kappa shape index (κ1) is 6.67. The van der Waals surface area contributed by atoms with E-state index in [0.717, 1.165) is 6.42 Å². The summed E-state index contributed by atoms with van der Waals surface area (Å²) in [5.74, 6) is 0. The van der Waals surface area contributed by atoms with Crippen molar-refractivity contribution in [1.82, 2.24) is 0 Å². The number of unbranched alkanes of at least 4 members (excludes halogenated alkanes) is 1. The molecule has 0 amide bonds. The second-order valence-corrected chi connectivity index (χ2v) is 1.40. The van der Waals surface area contributed by atoms with Crippen LogP contribution in [0.2, 0.25) is 0 Å². The Kier molecular flexibility index (Phi) is 5.40. The number of alkyl halides is 1. The monoisotopic (exact) mass is 102 g/mol. The third-order valence-corrected chi connectivity index (χ3v) is 0.740. The summed E-state index contributed by atoms with van der Waals surface area (Å²) in [4.78, 5) is 0. The molecule has 0 aliphatic heterocycles. The van der Waals surface area contributed by atoms with Crippen LogP contribution in [0.1, 0.15) is 19.8 Å². The Balaban J connectivity index is 2.69. The van der Waals surface area contributed by atoms with Gasteiger partial charge < -0.3 is 0 Å². The van der Waals surface area contributed by atoms with E-state index in [1.54, 1.807) is 0 Å². The maximum Gasteiger partial charge on any atom is 0.0897 e. The summed E-state index contributed by atoms with van der Waals surface area (Å²) >= 11 is 0. The lowest BCUT2D eigenvalue weighted by molar-refractivity contribution is 0.475. The number of hydrogen-bond acceptors (Lipinski definition) is 0. The predicted octanol–water partition coefficient (Wildman–Crippen LogP) is 2.31. The molecule has 0 aliphatic rings. The minimum Gasteiger partial charge on any atom is -0.251 e. The molecule has 0 aliphatic carbocycles. The van der Waals surface area contributed by atoms with Crippen molar-refractivity contribution in [1.29, 1.82) is 0 Å². The lowest BCUT2D eigenvalue weighted by atomic mass is 10.3. The van der Waals surface area contributed by atoms with Crippen LogP contribution in [0.3, 0.4) is 0 Å². The number of hydrogen-bond donors (Lipinski definition) is 0. The first-order chi connectivity index (χ1) is 3.41. The van der Waals surface area contributed by atoms with Crippen LogP contribution in [-0.4, -0.2) is 6.67 Å². The molecule has 0 nitrogen and oxygen atoms in total. The minimum atomic E-state index is -0.190. The van der Waals surface area contributed by atoms with Gasteiger partial charge in [-0.05, 0) is 19.8 Å². The van der Waals surface area contributed by atoms with Crippen LogP contribution in [0.25, 0.3) is 0 Å². The smallest absolute Gasteiger partial charge is 0.0897 e. The first-order valence-electron chi connectivity index (χ1n) is 2.59. The fourth-order valence-electron chi connectivity index (χ4n) is 0.362. The van der Waals surface area contributed by atoms with Gasteiger partial charge in [0.25, 0.3) is 0 Å². The summed E-state index contributed by atoms with van der Waals surface area (Å²) in [6.07, 6.45) is 5.46. The molecule has 42 valence electrons. The summed E-state index contributed by atoms with van der Waals surface area (Å²) in [7, 11) is 0. The van der Waals surface area contributed by atoms with Gasteiger partial charge in [-0.2, -0.15) is 0 Å². The Morgan fingerprint density at radius 3 is 2.71 bits per heavy atom. The van der Waals surface area contributed by atoms with Crippen LogP contribution < -0.4 is 0 Å². The van der Waals surface area contributed by atoms with Gasteiger partial charge in [-0.3, -0.25) is 4.39 Å². The lowest BCUT2D eigenvalue weighted by Crippen LogP contribution is -1.70. The van der Waals surface area contributed by atoms with Crippen molar-refractivity contribution < 1.29 is 4.39 Å². The lowest BCUT2D eigenvalue weighted by Gasteiger charge is -1.81. The first-order valence-corrected chi connectivity index (χ1v) is 2.59.